The number of hydrogen-bond acceptors (Lipinski definition) is 4. The van der Waals surface area contributed by atoms with E-state index in [0.29, 0.717) is 18.2 Å². The molecule has 2 N–H and O–H groups in total. The maximum absolute atomic E-state index is 11.8. The molecule has 1 saturated heterocycles. The number of amides is 1. The fourth-order valence-corrected chi connectivity index (χ4v) is 1.73. The van der Waals surface area contributed by atoms with E-state index in [4.69, 9.17) is 0 Å². The second-order valence-corrected chi connectivity index (χ2v) is 4.13. The Morgan fingerprint density at radius 3 is 2.72 bits per heavy atom. The molecular formula is C10H15ClN4O3. The molecule has 1 aliphatic heterocycles. The van der Waals surface area contributed by atoms with Gasteiger partial charge in [-0.05, 0) is 11.0 Å². The van der Waals surface area contributed by atoms with Crippen LogP contribution in [0.5, 0.6) is 0 Å². The molecule has 8 heteroatoms. The lowest BCUT2D eigenvalue weighted by Crippen LogP contribution is -2.48. The standard InChI is InChI=1S/C10H14N4O3.ClH/c1-13-8(2-3-9(13)14(16)17)10(15)12-6-7-4-11-5-7;/h2-3,7,11H,4-6H2,1H3,(H,12,15);1H. The van der Waals surface area contributed by atoms with Gasteiger partial charge < -0.3 is 20.7 Å². The van der Waals surface area contributed by atoms with Crippen molar-refractivity contribution in [2.24, 2.45) is 13.0 Å². The average molecular weight is 275 g/mol. The van der Waals surface area contributed by atoms with Crippen molar-refractivity contribution in [2.75, 3.05) is 19.6 Å². The summed E-state index contributed by atoms with van der Waals surface area (Å²) < 4.78 is 1.29. The Morgan fingerprint density at radius 2 is 2.28 bits per heavy atom. The fraction of sp³-hybridized carbons (Fsp3) is 0.500. The van der Waals surface area contributed by atoms with Crippen molar-refractivity contribution in [3.63, 3.8) is 0 Å². The van der Waals surface area contributed by atoms with Gasteiger partial charge in [0.2, 0.25) is 0 Å². The highest BCUT2D eigenvalue weighted by Crippen LogP contribution is 2.14. The molecule has 0 atom stereocenters. The molecule has 18 heavy (non-hydrogen) atoms. The number of halogens is 1. The minimum absolute atomic E-state index is 0. The van der Waals surface area contributed by atoms with E-state index >= 15 is 0 Å². The Balaban J connectivity index is 0.00000162. The van der Waals surface area contributed by atoms with Crippen molar-refractivity contribution in [3.8, 4) is 0 Å². The number of nitrogens with one attached hydrogen (secondary N) is 2. The van der Waals surface area contributed by atoms with E-state index in [1.54, 1.807) is 0 Å². The van der Waals surface area contributed by atoms with Gasteiger partial charge in [-0.2, -0.15) is 0 Å². The summed E-state index contributed by atoms with van der Waals surface area (Å²) in [7, 11) is 1.51. The first kappa shape index (κ1) is 14.5. The summed E-state index contributed by atoms with van der Waals surface area (Å²) >= 11 is 0. The van der Waals surface area contributed by atoms with Crippen LogP contribution in [-0.4, -0.2) is 35.0 Å². The molecule has 100 valence electrons. The summed E-state index contributed by atoms with van der Waals surface area (Å²) in [6.45, 7) is 2.42. The van der Waals surface area contributed by atoms with Gasteiger partial charge in [-0.1, -0.05) is 0 Å². The van der Waals surface area contributed by atoms with E-state index < -0.39 is 4.92 Å². The first-order chi connectivity index (χ1) is 8.09. The van der Waals surface area contributed by atoms with Gasteiger partial charge in [0.05, 0.1) is 7.05 Å². The summed E-state index contributed by atoms with van der Waals surface area (Å²) in [4.78, 5) is 21.9. The van der Waals surface area contributed by atoms with Crippen LogP contribution in [0.4, 0.5) is 5.82 Å². The number of hydrogen-bond donors (Lipinski definition) is 2. The Kier molecular flexibility index (Phi) is 4.69. The van der Waals surface area contributed by atoms with Crippen LogP contribution in [0.2, 0.25) is 0 Å². The molecule has 2 rings (SSSR count). The quantitative estimate of drug-likeness (QED) is 0.611. The van der Waals surface area contributed by atoms with Gasteiger partial charge in [-0.3, -0.25) is 4.79 Å². The van der Waals surface area contributed by atoms with Crippen molar-refractivity contribution in [1.82, 2.24) is 15.2 Å². The zero-order valence-electron chi connectivity index (χ0n) is 9.88. The lowest BCUT2D eigenvalue weighted by atomic mass is 10.0. The predicted molar refractivity (Wildman–Crippen MR) is 68.0 cm³/mol. The largest absolute Gasteiger partial charge is 0.358 e. The van der Waals surface area contributed by atoms with E-state index in [9.17, 15) is 14.9 Å². The molecule has 2 heterocycles. The Labute approximate surface area is 110 Å². The third-order valence-electron chi connectivity index (χ3n) is 2.93. The highest BCUT2D eigenvalue weighted by atomic mass is 35.5. The summed E-state index contributed by atoms with van der Waals surface area (Å²) in [6.07, 6.45) is 0. The molecule has 0 unspecified atom stereocenters. The lowest BCUT2D eigenvalue weighted by molar-refractivity contribution is -0.391. The van der Waals surface area contributed by atoms with Crippen LogP contribution in [0.25, 0.3) is 0 Å². The highest BCUT2D eigenvalue weighted by Gasteiger charge is 2.22. The van der Waals surface area contributed by atoms with E-state index in [-0.39, 0.29) is 24.1 Å². The maximum atomic E-state index is 11.8. The second kappa shape index (κ2) is 5.83. The number of nitrogens with zero attached hydrogens (tertiary/aromatic N) is 2. The van der Waals surface area contributed by atoms with Crippen LogP contribution < -0.4 is 10.6 Å². The molecule has 1 amide bonds. The van der Waals surface area contributed by atoms with Gasteiger partial charge in [0.25, 0.3) is 5.91 Å². The average Bonchev–Trinajstić information content (AvgIpc) is 2.57. The number of rotatable bonds is 4. The lowest BCUT2D eigenvalue weighted by Gasteiger charge is -2.26. The van der Waals surface area contributed by atoms with E-state index in [2.05, 4.69) is 10.6 Å². The van der Waals surface area contributed by atoms with Crippen molar-refractivity contribution in [3.05, 3.63) is 27.9 Å². The van der Waals surface area contributed by atoms with Crippen molar-refractivity contribution in [1.29, 1.82) is 0 Å². The minimum Gasteiger partial charge on any atom is -0.358 e. The van der Waals surface area contributed by atoms with Crippen molar-refractivity contribution >= 4 is 24.1 Å². The van der Waals surface area contributed by atoms with E-state index in [1.165, 1.54) is 23.7 Å². The topological polar surface area (TPSA) is 89.2 Å². The third-order valence-corrected chi connectivity index (χ3v) is 2.93. The number of nitro groups is 1. The first-order valence-corrected chi connectivity index (χ1v) is 5.38. The van der Waals surface area contributed by atoms with Gasteiger partial charge in [0.15, 0.2) is 5.69 Å². The highest BCUT2D eigenvalue weighted by molar-refractivity contribution is 5.93. The number of carbonyl (C=O) groups is 1. The zero-order valence-corrected chi connectivity index (χ0v) is 10.7. The van der Waals surface area contributed by atoms with Gasteiger partial charge in [0.1, 0.15) is 0 Å². The van der Waals surface area contributed by atoms with Crippen molar-refractivity contribution < 1.29 is 9.72 Å². The monoisotopic (exact) mass is 274 g/mol. The van der Waals surface area contributed by atoms with Gasteiger partial charge in [-0.15, -0.1) is 12.4 Å². The smallest absolute Gasteiger partial charge is 0.323 e. The predicted octanol–water partition coefficient (Wildman–Crippen LogP) is 0.304. The third kappa shape index (κ3) is 2.80. The second-order valence-electron chi connectivity index (χ2n) is 4.13. The molecule has 0 bridgehead atoms. The Morgan fingerprint density at radius 1 is 1.61 bits per heavy atom. The fourth-order valence-electron chi connectivity index (χ4n) is 1.73. The van der Waals surface area contributed by atoms with Crippen LogP contribution in [0, 0.1) is 16.0 Å². The molecule has 0 aliphatic carbocycles. The maximum Gasteiger partial charge on any atom is 0.323 e. The van der Waals surface area contributed by atoms with Crippen LogP contribution in [0.3, 0.4) is 0 Å². The summed E-state index contributed by atoms with van der Waals surface area (Å²) in [5.74, 6) is 0.113. The molecular weight excluding hydrogens is 260 g/mol. The van der Waals surface area contributed by atoms with Crippen LogP contribution >= 0.6 is 12.4 Å². The molecule has 1 aromatic rings. The van der Waals surface area contributed by atoms with Crippen LogP contribution in [-0.2, 0) is 7.05 Å². The summed E-state index contributed by atoms with van der Waals surface area (Å²) in [5, 5.41) is 16.5. The van der Waals surface area contributed by atoms with Gasteiger partial charge in [-0.25, -0.2) is 4.57 Å². The van der Waals surface area contributed by atoms with Crippen LogP contribution in [0.15, 0.2) is 12.1 Å². The van der Waals surface area contributed by atoms with E-state index in [0.717, 1.165) is 13.1 Å². The van der Waals surface area contributed by atoms with Crippen LogP contribution in [0.1, 0.15) is 10.5 Å². The molecule has 0 saturated carbocycles. The molecule has 0 spiro atoms. The minimum atomic E-state index is -0.507. The number of carbonyl (C=O) groups excluding carboxylic acids is 1. The summed E-state index contributed by atoms with van der Waals surface area (Å²) in [5.41, 5.74) is 0.309. The zero-order chi connectivity index (χ0) is 12.4. The van der Waals surface area contributed by atoms with Crippen molar-refractivity contribution in [2.45, 2.75) is 0 Å². The molecule has 0 radical (unpaired) electrons. The molecule has 1 aromatic heterocycles. The molecule has 1 aliphatic rings. The summed E-state index contributed by atoms with van der Waals surface area (Å²) in [6, 6.07) is 2.80. The number of aromatic nitrogens is 1. The Hall–Kier alpha value is -1.60. The van der Waals surface area contributed by atoms with Gasteiger partial charge >= 0.3 is 5.82 Å². The SMILES string of the molecule is Cl.Cn1c(C(=O)NCC2CNC2)ccc1[N+](=O)[O-]. The normalized spacial score (nSPS) is 14.5. The molecule has 0 aromatic carbocycles. The molecule has 7 nitrogen and oxygen atoms in total. The first-order valence-electron chi connectivity index (χ1n) is 5.38. The Bertz CT molecular complexity index is 456. The van der Waals surface area contributed by atoms with E-state index in [1.807, 2.05) is 0 Å². The van der Waals surface area contributed by atoms with Gasteiger partial charge in [0, 0.05) is 31.6 Å². The molecule has 1 fully saturated rings.